The van der Waals surface area contributed by atoms with Crippen LogP contribution in [0.1, 0.15) is 19.7 Å². The Bertz CT molecular complexity index is 954. The molecule has 0 amide bonds. The summed E-state index contributed by atoms with van der Waals surface area (Å²) in [4.78, 5) is 14.0. The third-order valence-electron chi connectivity index (χ3n) is 4.25. The number of fused-ring (bicyclic) bond motifs is 2. The maximum atomic E-state index is 4.68. The van der Waals surface area contributed by atoms with Gasteiger partial charge in [0.05, 0.1) is 28.3 Å². The van der Waals surface area contributed by atoms with Gasteiger partial charge in [0.25, 0.3) is 0 Å². The lowest BCUT2D eigenvalue weighted by Crippen LogP contribution is -2.01. The number of hydrogen-bond donors (Lipinski definition) is 0. The van der Waals surface area contributed by atoms with E-state index in [-0.39, 0.29) is 0 Å². The molecular formula is C19H19N5. The van der Waals surface area contributed by atoms with Crippen molar-refractivity contribution in [2.45, 2.75) is 26.9 Å². The minimum atomic E-state index is 0.716. The van der Waals surface area contributed by atoms with Gasteiger partial charge in [0.15, 0.2) is 5.82 Å². The van der Waals surface area contributed by atoms with Gasteiger partial charge in [-0.15, -0.1) is 0 Å². The summed E-state index contributed by atoms with van der Waals surface area (Å²) in [6.45, 7) is 5.91. The Hall–Kier alpha value is -2.95. The molecule has 0 saturated carbocycles. The Labute approximate surface area is 140 Å². The number of aryl methyl sites for hydroxylation is 2. The second-order valence-corrected chi connectivity index (χ2v) is 5.61. The van der Waals surface area contributed by atoms with Crippen LogP contribution in [0.25, 0.3) is 22.1 Å². The number of aliphatic imine (C=N–C) groups is 1. The van der Waals surface area contributed by atoms with Crippen molar-refractivity contribution in [3.63, 3.8) is 0 Å². The number of imidazole rings is 2. The maximum absolute atomic E-state index is 4.68. The molecule has 0 N–H and O–H groups in total. The van der Waals surface area contributed by atoms with Crippen LogP contribution in [0.15, 0.2) is 53.5 Å². The average molecular weight is 317 g/mol. The summed E-state index contributed by atoms with van der Waals surface area (Å²) in [6, 6.07) is 16.3. The van der Waals surface area contributed by atoms with Crippen LogP contribution in [0.3, 0.4) is 0 Å². The van der Waals surface area contributed by atoms with Crippen molar-refractivity contribution in [1.82, 2.24) is 19.1 Å². The smallest absolute Gasteiger partial charge is 0.230 e. The summed E-state index contributed by atoms with van der Waals surface area (Å²) in [6.07, 6.45) is 1.82. The summed E-state index contributed by atoms with van der Waals surface area (Å²) >= 11 is 0. The van der Waals surface area contributed by atoms with E-state index >= 15 is 0 Å². The highest BCUT2D eigenvalue weighted by Gasteiger charge is 2.09. The quantitative estimate of drug-likeness (QED) is 0.530. The number of para-hydroxylation sites is 4. The molecule has 0 aliphatic carbocycles. The van der Waals surface area contributed by atoms with E-state index in [4.69, 9.17) is 0 Å². The van der Waals surface area contributed by atoms with Crippen molar-refractivity contribution in [3.8, 4) is 0 Å². The fourth-order valence-corrected chi connectivity index (χ4v) is 3.11. The second kappa shape index (κ2) is 5.92. The normalized spacial score (nSPS) is 11.9. The highest BCUT2D eigenvalue weighted by molar-refractivity contribution is 5.86. The predicted octanol–water partition coefficient (Wildman–Crippen LogP) is 4.18. The first-order valence-corrected chi connectivity index (χ1v) is 8.26. The number of hydrogen-bond acceptors (Lipinski definition) is 3. The van der Waals surface area contributed by atoms with Crippen molar-refractivity contribution in [1.29, 1.82) is 0 Å². The zero-order chi connectivity index (χ0) is 16.5. The first-order valence-electron chi connectivity index (χ1n) is 8.26. The minimum Gasteiger partial charge on any atom is -0.323 e. The van der Waals surface area contributed by atoms with Crippen LogP contribution in [0, 0.1) is 0 Å². The first kappa shape index (κ1) is 14.6. The Kier molecular flexibility index (Phi) is 3.61. The molecule has 2 aromatic heterocycles. The number of benzene rings is 2. The lowest BCUT2D eigenvalue weighted by molar-refractivity contribution is 0.776. The van der Waals surface area contributed by atoms with Crippen LogP contribution in [-0.2, 0) is 13.1 Å². The largest absolute Gasteiger partial charge is 0.323 e. The van der Waals surface area contributed by atoms with Crippen LogP contribution in [0.5, 0.6) is 0 Å². The van der Waals surface area contributed by atoms with Gasteiger partial charge in [-0.2, -0.15) is 0 Å². The van der Waals surface area contributed by atoms with Crippen LogP contribution < -0.4 is 0 Å². The summed E-state index contributed by atoms with van der Waals surface area (Å²) in [5, 5.41) is 0. The SMILES string of the molecule is CCn1c(C=Nc2nc3ccccc3n2CC)nc2ccccc21. The zero-order valence-electron chi connectivity index (χ0n) is 13.8. The second-order valence-electron chi connectivity index (χ2n) is 5.61. The summed E-state index contributed by atoms with van der Waals surface area (Å²) in [5.41, 5.74) is 4.20. The van der Waals surface area contributed by atoms with E-state index in [2.05, 4.69) is 50.1 Å². The molecule has 0 aliphatic heterocycles. The lowest BCUT2D eigenvalue weighted by atomic mass is 10.3. The predicted molar refractivity (Wildman–Crippen MR) is 98.1 cm³/mol. The van der Waals surface area contributed by atoms with Crippen molar-refractivity contribution < 1.29 is 0 Å². The third-order valence-corrected chi connectivity index (χ3v) is 4.25. The fraction of sp³-hybridized carbons (Fsp3) is 0.211. The topological polar surface area (TPSA) is 48.0 Å². The van der Waals surface area contributed by atoms with Gasteiger partial charge in [-0.3, -0.25) is 0 Å². The molecule has 2 aromatic carbocycles. The molecule has 5 nitrogen and oxygen atoms in total. The van der Waals surface area contributed by atoms with Crippen LogP contribution >= 0.6 is 0 Å². The van der Waals surface area contributed by atoms with E-state index in [1.807, 2.05) is 42.6 Å². The van der Waals surface area contributed by atoms with Gasteiger partial charge in [0.2, 0.25) is 5.95 Å². The molecule has 0 atom stereocenters. The van der Waals surface area contributed by atoms with Gasteiger partial charge in [-0.05, 0) is 38.1 Å². The van der Waals surface area contributed by atoms with Gasteiger partial charge >= 0.3 is 0 Å². The summed E-state index contributed by atoms with van der Waals surface area (Å²) < 4.78 is 4.28. The van der Waals surface area contributed by atoms with E-state index in [1.54, 1.807) is 0 Å². The fourth-order valence-electron chi connectivity index (χ4n) is 3.11. The van der Waals surface area contributed by atoms with E-state index in [9.17, 15) is 0 Å². The molecule has 0 bridgehead atoms. The number of rotatable bonds is 4. The zero-order valence-corrected chi connectivity index (χ0v) is 13.8. The number of aromatic nitrogens is 4. The molecule has 120 valence electrons. The Balaban J connectivity index is 1.81. The molecule has 2 heterocycles. The van der Waals surface area contributed by atoms with E-state index < -0.39 is 0 Å². The van der Waals surface area contributed by atoms with Crippen LogP contribution in [0.4, 0.5) is 5.95 Å². The third kappa shape index (κ3) is 2.29. The maximum Gasteiger partial charge on any atom is 0.230 e. The summed E-state index contributed by atoms with van der Waals surface area (Å²) in [5.74, 6) is 1.57. The average Bonchev–Trinajstić information content (AvgIpc) is 3.16. The van der Waals surface area contributed by atoms with Crippen molar-refractivity contribution in [2.24, 2.45) is 4.99 Å². The molecule has 0 radical (unpaired) electrons. The monoisotopic (exact) mass is 317 g/mol. The Morgan fingerprint density at radius 3 is 2.08 bits per heavy atom. The molecule has 5 heteroatoms. The highest BCUT2D eigenvalue weighted by Crippen LogP contribution is 2.22. The summed E-state index contributed by atoms with van der Waals surface area (Å²) in [7, 11) is 0. The van der Waals surface area contributed by atoms with Crippen molar-refractivity contribution in [2.75, 3.05) is 0 Å². The van der Waals surface area contributed by atoms with Crippen LogP contribution in [0.2, 0.25) is 0 Å². The standard InChI is InChI=1S/C19H19N5/c1-3-23-16-11-7-5-9-14(16)21-18(23)13-20-19-22-15-10-6-8-12-17(15)24(19)4-2/h5-13H,3-4H2,1-2H3. The van der Waals surface area contributed by atoms with Gasteiger partial charge in [0, 0.05) is 13.1 Å². The molecule has 0 spiro atoms. The molecule has 0 saturated heterocycles. The van der Waals surface area contributed by atoms with E-state index in [0.29, 0.717) is 5.95 Å². The molecule has 0 aliphatic rings. The molecular weight excluding hydrogens is 298 g/mol. The molecule has 24 heavy (non-hydrogen) atoms. The van der Waals surface area contributed by atoms with Gasteiger partial charge < -0.3 is 9.13 Å². The van der Waals surface area contributed by atoms with E-state index in [0.717, 1.165) is 41.0 Å². The first-order chi connectivity index (χ1) is 11.8. The molecule has 4 rings (SSSR count). The van der Waals surface area contributed by atoms with Gasteiger partial charge in [-0.1, -0.05) is 24.3 Å². The lowest BCUT2D eigenvalue weighted by Gasteiger charge is -2.03. The molecule has 0 unspecified atom stereocenters. The van der Waals surface area contributed by atoms with Gasteiger partial charge in [-0.25, -0.2) is 15.0 Å². The van der Waals surface area contributed by atoms with Crippen LogP contribution in [-0.4, -0.2) is 25.3 Å². The van der Waals surface area contributed by atoms with Crippen molar-refractivity contribution in [3.05, 3.63) is 54.4 Å². The molecule has 0 fully saturated rings. The Morgan fingerprint density at radius 2 is 1.42 bits per heavy atom. The highest BCUT2D eigenvalue weighted by atomic mass is 15.2. The van der Waals surface area contributed by atoms with E-state index in [1.165, 1.54) is 0 Å². The number of nitrogens with zero attached hydrogens (tertiary/aromatic N) is 5. The minimum absolute atomic E-state index is 0.716. The molecule has 4 aromatic rings. The van der Waals surface area contributed by atoms with Crippen molar-refractivity contribution >= 4 is 34.2 Å². The Morgan fingerprint density at radius 1 is 0.833 bits per heavy atom. The van der Waals surface area contributed by atoms with Gasteiger partial charge in [0.1, 0.15) is 0 Å².